The second-order valence-electron chi connectivity index (χ2n) is 10.5. The van der Waals surface area contributed by atoms with Gasteiger partial charge in [0.2, 0.25) is 15.9 Å². The van der Waals surface area contributed by atoms with Gasteiger partial charge in [-0.3, -0.25) is 14.9 Å². The second-order valence-corrected chi connectivity index (χ2v) is 12.4. The number of anilines is 1. The summed E-state index contributed by atoms with van der Waals surface area (Å²) < 4.78 is 28.2. The van der Waals surface area contributed by atoms with Gasteiger partial charge in [0.25, 0.3) is 0 Å². The van der Waals surface area contributed by atoms with Gasteiger partial charge in [0.15, 0.2) is 0 Å². The Bertz CT molecular complexity index is 1410. The molecule has 6 N–H and O–H groups in total. The van der Waals surface area contributed by atoms with E-state index < -0.39 is 28.1 Å². The van der Waals surface area contributed by atoms with Crippen molar-refractivity contribution >= 4 is 38.4 Å². The normalized spacial score (nSPS) is 13.4. The van der Waals surface area contributed by atoms with Crippen LogP contribution in [0.5, 0.6) is 0 Å². The number of aliphatic hydroxyl groups excluding tert-OH is 1. The standard InChI is InChI=1S/C30H40N4O6S/c1-21(2)19-34(41(39,40)26-14-12-24(31)13-15-26)25(20-35)10-6-16-32-30(38)28(33-18-29(36)37)17-23-9-5-8-22-7-3-4-11-27(22)23/h3-5,7-9,11-15,21,25,28,33,35H,6,10,16-20,31H2,1-2H3,(H,32,38)(H,36,37)/t25-,28?/m0/s1. The van der Waals surface area contributed by atoms with Crippen molar-refractivity contribution in [2.75, 3.05) is 32.0 Å². The fourth-order valence-corrected chi connectivity index (χ4v) is 6.55. The van der Waals surface area contributed by atoms with E-state index in [1.807, 2.05) is 56.3 Å². The summed E-state index contributed by atoms with van der Waals surface area (Å²) in [4.78, 5) is 24.4. The number of nitrogens with two attached hydrogens (primary N) is 1. The number of nitrogen functional groups attached to an aromatic ring is 1. The van der Waals surface area contributed by atoms with Crippen molar-refractivity contribution in [3.05, 3.63) is 72.3 Å². The first-order chi connectivity index (χ1) is 19.5. The first-order valence-corrected chi connectivity index (χ1v) is 15.1. The molecule has 11 heteroatoms. The van der Waals surface area contributed by atoms with Crippen LogP contribution in [0.25, 0.3) is 10.8 Å². The quantitative estimate of drug-likeness (QED) is 0.127. The largest absolute Gasteiger partial charge is 0.480 e. The molecule has 0 bridgehead atoms. The van der Waals surface area contributed by atoms with E-state index in [-0.39, 0.29) is 43.0 Å². The van der Waals surface area contributed by atoms with E-state index in [0.29, 0.717) is 24.9 Å². The highest BCUT2D eigenvalue weighted by Crippen LogP contribution is 2.23. The highest BCUT2D eigenvalue weighted by Gasteiger charge is 2.31. The molecule has 3 aromatic carbocycles. The molecule has 0 saturated heterocycles. The average Bonchev–Trinajstić information content (AvgIpc) is 2.94. The molecule has 0 aromatic heterocycles. The third-order valence-corrected chi connectivity index (χ3v) is 8.72. The lowest BCUT2D eigenvalue weighted by Crippen LogP contribution is -2.48. The van der Waals surface area contributed by atoms with Crippen molar-refractivity contribution in [1.29, 1.82) is 0 Å². The summed E-state index contributed by atoms with van der Waals surface area (Å²) in [5.74, 6) is -1.41. The summed E-state index contributed by atoms with van der Waals surface area (Å²) >= 11 is 0. The zero-order valence-corrected chi connectivity index (χ0v) is 24.3. The number of carbonyl (C=O) groups excluding carboxylic acids is 1. The molecule has 222 valence electrons. The van der Waals surface area contributed by atoms with Crippen LogP contribution in [0.15, 0.2) is 71.6 Å². The first-order valence-electron chi connectivity index (χ1n) is 13.7. The van der Waals surface area contributed by atoms with E-state index in [2.05, 4.69) is 10.6 Å². The monoisotopic (exact) mass is 584 g/mol. The molecule has 0 spiro atoms. The summed E-state index contributed by atoms with van der Waals surface area (Å²) in [6.45, 7) is 3.51. The molecule has 3 aromatic rings. The van der Waals surface area contributed by atoms with Gasteiger partial charge in [0.1, 0.15) is 0 Å². The lowest BCUT2D eigenvalue weighted by molar-refractivity contribution is -0.136. The van der Waals surface area contributed by atoms with Gasteiger partial charge >= 0.3 is 5.97 Å². The van der Waals surface area contributed by atoms with Gasteiger partial charge in [-0.25, -0.2) is 8.42 Å². The summed E-state index contributed by atoms with van der Waals surface area (Å²) in [6, 6.07) is 18.1. The number of carboxylic acids is 1. The number of sulfonamides is 1. The average molecular weight is 585 g/mol. The molecular formula is C30H40N4O6S. The van der Waals surface area contributed by atoms with Crippen molar-refractivity contribution in [2.24, 2.45) is 5.92 Å². The Morgan fingerprint density at radius 3 is 2.34 bits per heavy atom. The molecule has 41 heavy (non-hydrogen) atoms. The van der Waals surface area contributed by atoms with E-state index in [0.717, 1.165) is 16.3 Å². The van der Waals surface area contributed by atoms with Crippen molar-refractivity contribution in [3.8, 4) is 0 Å². The smallest absolute Gasteiger partial charge is 0.317 e. The van der Waals surface area contributed by atoms with Crippen molar-refractivity contribution in [3.63, 3.8) is 0 Å². The lowest BCUT2D eigenvalue weighted by Gasteiger charge is -2.31. The summed E-state index contributed by atoms with van der Waals surface area (Å²) in [6.07, 6.45) is 1.01. The van der Waals surface area contributed by atoms with Gasteiger partial charge in [0, 0.05) is 24.8 Å². The summed E-state index contributed by atoms with van der Waals surface area (Å²) in [7, 11) is -3.89. The maximum Gasteiger partial charge on any atom is 0.317 e. The Labute approximate surface area is 241 Å². The second kappa shape index (κ2) is 14.9. The minimum absolute atomic E-state index is 0.0162. The van der Waals surface area contributed by atoms with E-state index in [1.54, 1.807) is 0 Å². The number of rotatable bonds is 16. The number of benzene rings is 3. The zero-order valence-electron chi connectivity index (χ0n) is 23.5. The molecule has 0 aliphatic carbocycles. The molecular weight excluding hydrogens is 544 g/mol. The molecule has 0 saturated carbocycles. The number of aliphatic carboxylic acids is 1. The molecule has 0 heterocycles. The fourth-order valence-electron chi connectivity index (χ4n) is 4.74. The van der Waals surface area contributed by atoms with Crippen LogP contribution in [-0.4, -0.2) is 73.1 Å². The van der Waals surface area contributed by atoms with E-state index in [1.165, 1.54) is 28.6 Å². The number of aliphatic hydroxyl groups is 1. The molecule has 3 rings (SSSR count). The number of carbonyl (C=O) groups is 2. The van der Waals surface area contributed by atoms with Crippen LogP contribution in [0.2, 0.25) is 0 Å². The molecule has 1 unspecified atom stereocenters. The van der Waals surface area contributed by atoms with Crippen molar-refractivity contribution in [1.82, 2.24) is 14.9 Å². The van der Waals surface area contributed by atoms with Crippen LogP contribution < -0.4 is 16.4 Å². The fraction of sp³-hybridized carbons (Fsp3) is 0.400. The molecule has 10 nitrogen and oxygen atoms in total. The lowest BCUT2D eigenvalue weighted by atomic mass is 9.98. The maximum absolute atomic E-state index is 13.5. The highest BCUT2D eigenvalue weighted by atomic mass is 32.2. The Kier molecular flexibility index (Phi) is 11.7. The first kappa shape index (κ1) is 32.0. The van der Waals surface area contributed by atoms with Crippen LogP contribution in [-0.2, 0) is 26.0 Å². The minimum Gasteiger partial charge on any atom is -0.480 e. The number of nitrogens with zero attached hydrogens (tertiary/aromatic N) is 1. The molecule has 1 amide bonds. The van der Waals surface area contributed by atoms with Gasteiger partial charge < -0.3 is 21.3 Å². The molecule has 0 radical (unpaired) electrons. The van der Waals surface area contributed by atoms with Gasteiger partial charge in [-0.05, 0) is 65.8 Å². The predicted octanol–water partition coefficient (Wildman–Crippen LogP) is 2.61. The Hall–Kier alpha value is -3.51. The summed E-state index contributed by atoms with van der Waals surface area (Å²) in [5.41, 5.74) is 7.09. The van der Waals surface area contributed by atoms with Crippen LogP contribution in [0, 0.1) is 5.92 Å². The maximum atomic E-state index is 13.5. The SMILES string of the molecule is CC(C)CN([C@H](CO)CCCNC(=O)C(Cc1cccc2ccccc12)NCC(=O)O)S(=O)(=O)c1ccc(N)cc1. The zero-order chi connectivity index (χ0) is 30.0. The Balaban J connectivity index is 1.67. The third kappa shape index (κ3) is 8.99. The number of hydrogen-bond acceptors (Lipinski definition) is 7. The van der Waals surface area contributed by atoms with Crippen LogP contribution in [0.4, 0.5) is 5.69 Å². The van der Waals surface area contributed by atoms with Crippen LogP contribution in [0.3, 0.4) is 0 Å². The summed E-state index contributed by atoms with van der Waals surface area (Å²) in [5, 5.41) is 27.0. The van der Waals surface area contributed by atoms with Gasteiger partial charge in [0.05, 0.1) is 24.1 Å². The number of carboxylic acid groups (broad SMARTS) is 1. The van der Waals surface area contributed by atoms with Gasteiger partial charge in [-0.2, -0.15) is 4.31 Å². The number of nitrogens with one attached hydrogen (secondary N) is 2. The molecule has 2 atom stereocenters. The van der Waals surface area contributed by atoms with E-state index in [4.69, 9.17) is 5.73 Å². The van der Waals surface area contributed by atoms with Crippen molar-refractivity contribution < 1.29 is 28.2 Å². The number of hydrogen-bond donors (Lipinski definition) is 5. The minimum atomic E-state index is -3.89. The van der Waals surface area contributed by atoms with Crippen LogP contribution >= 0.6 is 0 Å². The molecule has 0 fully saturated rings. The number of amides is 1. The van der Waals surface area contributed by atoms with Gasteiger partial charge in [-0.1, -0.05) is 56.3 Å². The van der Waals surface area contributed by atoms with E-state index in [9.17, 15) is 28.2 Å². The van der Waals surface area contributed by atoms with Crippen molar-refractivity contribution in [2.45, 2.75) is 50.1 Å². The van der Waals surface area contributed by atoms with Crippen LogP contribution in [0.1, 0.15) is 32.3 Å². The van der Waals surface area contributed by atoms with E-state index >= 15 is 0 Å². The van der Waals surface area contributed by atoms with Gasteiger partial charge in [-0.15, -0.1) is 0 Å². The number of fused-ring (bicyclic) bond motifs is 1. The predicted molar refractivity (Wildman–Crippen MR) is 160 cm³/mol. The molecule has 0 aliphatic rings. The Morgan fingerprint density at radius 1 is 1.00 bits per heavy atom. The topological polar surface area (TPSA) is 162 Å². The third-order valence-electron chi connectivity index (χ3n) is 6.78. The Morgan fingerprint density at radius 2 is 1.68 bits per heavy atom. The highest BCUT2D eigenvalue weighted by molar-refractivity contribution is 7.89. The molecule has 0 aliphatic heterocycles.